The molecule has 124 valence electrons. The van der Waals surface area contributed by atoms with Gasteiger partial charge in [0.05, 0.1) is 6.42 Å². The van der Waals surface area contributed by atoms with Gasteiger partial charge >= 0.3 is 5.97 Å². The zero-order chi connectivity index (χ0) is 17.4. The Hall–Kier alpha value is -2.90. The molecule has 8 nitrogen and oxygen atoms in total. The maximum absolute atomic E-state index is 11.8. The van der Waals surface area contributed by atoms with E-state index in [0.717, 1.165) is 0 Å². The smallest absolute Gasteiger partial charge is 0.322 e. The molecule has 0 spiro atoms. The van der Waals surface area contributed by atoms with E-state index in [-0.39, 0.29) is 18.2 Å². The molecule has 0 aromatic heterocycles. The molecule has 0 radical (unpaired) electrons. The van der Waals surface area contributed by atoms with Crippen LogP contribution in [-0.4, -0.2) is 41.4 Å². The van der Waals surface area contributed by atoms with Gasteiger partial charge in [0.1, 0.15) is 12.6 Å². The van der Waals surface area contributed by atoms with Crippen LogP contribution >= 0.6 is 0 Å². The Morgan fingerprint density at radius 2 is 1.74 bits per heavy atom. The van der Waals surface area contributed by atoms with Crippen LogP contribution in [0.3, 0.4) is 0 Å². The van der Waals surface area contributed by atoms with E-state index in [2.05, 4.69) is 16.0 Å². The van der Waals surface area contributed by atoms with Gasteiger partial charge in [0.15, 0.2) is 0 Å². The van der Waals surface area contributed by atoms with Crippen LogP contribution in [0, 0.1) is 0 Å². The summed E-state index contributed by atoms with van der Waals surface area (Å²) in [7, 11) is 0. The molecule has 1 rings (SSSR count). The molecule has 0 fully saturated rings. The van der Waals surface area contributed by atoms with Crippen LogP contribution < -0.4 is 16.0 Å². The first-order chi connectivity index (χ1) is 10.8. The molecule has 1 aromatic rings. The van der Waals surface area contributed by atoms with Crippen LogP contribution in [0.1, 0.15) is 19.4 Å². The van der Waals surface area contributed by atoms with Gasteiger partial charge in [0, 0.05) is 12.6 Å². The molecule has 1 unspecified atom stereocenters. The molecule has 0 saturated carbocycles. The lowest BCUT2D eigenvalue weighted by atomic mass is 10.1. The summed E-state index contributed by atoms with van der Waals surface area (Å²) in [4.78, 5) is 44.5. The van der Waals surface area contributed by atoms with E-state index >= 15 is 0 Å². The second kappa shape index (κ2) is 8.52. The fourth-order valence-corrected chi connectivity index (χ4v) is 1.75. The zero-order valence-corrected chi connectivity index (χ0v) is 12.9. The van der Waals surface area contributed by atoms with Crippen molar-refractivity contribution < 1.29 is 24.3 Å². The summed E-state index contributed by atoms with van der Waals surface area (Å²) in [5.74, 6) is -2.16. The maximum atomic E-state index is 11.8. The topological polar surface area (TPSA) is 125 Å². The predicted molar refractivity (Wildman–Crippen MR) is 82.7 cm³/mol. The number of nitrogens with one attached hydrogen (secondary N) is 3. The standard InChI is InChI=1S/C15H19N3O5/c1-9(17-10(2)19)15(23)18-12-5-3-11(4-6-12)7-13(20)16-8-14(21)22/h3-6,9H,7-8H2,1-2H3,(H,16,20)(H,17,19)(H,18,23)(H,21,22). The lowest BCUT2D eigenvalue weighted by molar-refractivity contribution is -0.137. The van der Waals surface area contributed by atoms with Crippen molar-refractivity contribution in [3.05, 3.63) is 29.8 Å². The van der Waals surface area contributed by atoms with E-state index in [1.165, 1.54) is 6.92 Å². The first-order valence-corrected chi connectivity index (χ1v) is 6.93. The van der Waals surface area contributed by atoms with Crippen molar-refractivity contribution in [2.45, 2.75) is 26.3 Å². The largest absolute Gasteiger partial charge is 0.480 e. The number of hydrogen-bond acceptors (Lipinski definition) is 4. The Morgan fingerprint density at radius 3 is 2.26 bits per heavy atom. The summed E-state index contributed by atoms with van der Waals surface area (Å²) < 4.78 is 0. The van der Waals surface area contributed by atoms with E-state index < -0.39 is 24.5 Å². The molecule has 0 heterocycles. The van der Waals surface area contributed by atoms with Crippen molar-refractivity contribution in [2.75, 3.05) is 11.9 Å². The monoisotopic (exact) mass is 321 g/mol. The van der Waals surface area contributed by atoms with E-state index in [1.807, 2.05) is 0 Å². The first kappa shape index (κ1) is 18.1. The fourth-order valence-electron chi connectivity index (χ4n) is 1.75. The number of anilines is 1. The molecule has 8 heteroatoms. The van der Waals surface area contributed by atoms with Crippen LogP contribution in [-0.2, 0) is 25.6 Å². The second-order valence-electron chi connectivity index (χ2n) is 4.96. The number of hydrogen-bond donors (Lipinski definition) is 4. The van der Waals surface area contributed by atoms with Gasteiger partial charge in [-0.3, -0.25) is 19.2 Å². The average Bonchev–Trinajstić information content (AvgIpc) is 2.46. The van der Waals surface area contributed by atoms with Crippen LogP contribution in [0.25, 0.3) is 0 Å². The third kappa shape index (κ3) is 7.07. The van der Waals surface area contributed by atoms with Gasteiger partial charge in [-0.2, -0.15) is 0 Å². The van der Waals surface area contributed by atoms with Gasteiger partial charge < -0.3 is 21.1 Å². The second-order valence-corrected chi connectivity index (χ2v) is 4.96. The van der Waals surface area contributed by atoms with Crippen LogP contribution in [0.4, 0.5) is 5.69 Å². The molecular weight excluding hydrogens is 302 g/mol. The molecule has 1 atom stereocenters. The van der Waals surface area contributed by atoms with Gasteiger partial charge in [-0.1, -0.05) is 12.1 Å². The molecule has 0 bridgehead atoms. The van der Waals surface area contributed by atoms with E-state index in [4.69, 9.17) is 5.11 Å². The van der Waals surface area contributed by atoms with Crippen molar-refractivity contribution in [2.24, 2.45) is 0 Å². The normalized spacial score (nSPS) is 11.2. The fraction of sp³-hybridized carbons (Fsp3) is 0.333. The summed E-state index contributed by atoms with van der Waals surface area (Å²) >= 11 is 0. The van der Waals surface area contributed by atoms with Crippen molar-refractivity contribution in [3.8, 4) is 0 Å². The van der Waals surface area contributed by atoms with Gasteiger partial charge in [-0.05, 0) is 24.6 Å². The molecule has 4 N–H and O–H groups in total. The Kier molecular flexibility index (Phi) is 6.72. The molecule has 23 heavy (non-hydrogen) atoms. The van der Waals surface area contributed by atoms with Gasteiger partial charge in [-0.25, -0.2) is 0 Å². The number of benzene rings is 1. The Balaban J connectivity index is 2.53. The highest BCUT2D eigenvalue weighted by atomic mass is 16.4. The Bertz CT molecular complexity index is 598. The SMILES string of the molecule is CC(=O)NC(C)C(=O)Nc1ccc(CC(=O)NCC(=O)O)cc1. The Morgan fingerprint density at radius 1 is 1.13 bits per heavy atom. The molecule has 0 saturated heterocycles. The number of carboxylic acid groups (broad SMARTS) is 1. The van der Waals surface area contributed by atoms with Gasteiger partial charge in [0.2, 0.25) is 17.7 Å². The summed E-state index contributed by atoms with van der Waals surface area (Å²) in [6, 6.07) is 5.89. The van der Waals surface area contributed by atoms with Crippen molar-refractivity contribution in [3.63, 3.8) is 0 Å². The minimum atomic E-state index is -1.11. The minimum Gasteiger partial charge on any atom is -0.480 e. The van der Waals surface area contributed by atoms with Crippen molar-refractivity contribution >= 4 is 29.4 Å². The first-order valence-electron chi connectivity index (χ1n) is 6.93. The van der Waals surface area contributed by atoms with E-state index in [1.54, 1.807) is 31.2 Å². The number of amides is 3. The summed E-state index contributed by atoms with van der Waals surface area (Å²) in [5, 5.41) is 15.8. The van der Waals surface area contributed by atoms with Gasteiger partial charge in [0.25, 0.3) is 0 Å². The minimum absolute atomic E-state index is 0.0454. The van der Waals surface area contributed by atoms with Crippen LogP contribution in [0.5, 0.6) is 0 Å². The molecule has 0 aliphatic carbocycles. The summed E-state index contributed by atoms with van der Waals surface area (Å²) in [5.41, 5.74) is 1.21. The third-order valence-corrected chi connectivity index (χ3v) is 2.84. The summed E-state index contributed by atoms with van der Waals surface area (Å²) in [6.07, 6.45) is 0.0454. The highest BCUT2D eigenvalue weighted by Gasteiger charge is 2.13. The highest BCUT2D eigenvalue weighted by Crippen LogP contribution is 2.10. The van der Waals surface area contributed by atoms with E-state index in [9.17, 15) is 19.2 Å². The number of aliphatic carboxylic acids is 1. The molecule has 0 aliphatic rings. The quantitative estimate of drug-likeness (QED) is 0.558. The number of carbonyl (C=O) groups is 4. The maximum Gasteiger partial charge on any atom is 0.322 e. The van der Waals surface area contributed by atoms with E-state index in [0.29, 0.717) is 11.3 Å². The number of carbonyl (C=O) groups excluding carboxylic acids is 3. The molecular formula is C15H19N3O5. The van der Waals surface area contributed by atoms with Crippen molar-refractivity contribution in [1.82, 2.24) is 10.6 Å². The zero-order valence-electron chi connectivity index (χ0n) is 12.9. The number of rotatable bonds is 7. The highest BCUT2D eigenvalue weighted by molar-refractivity contribution is 5.96. The van der Waals surface area contributed by atoms with Crippen LogP contribution in [0.15, 0.2) is 24.3 Å². The molecule has 1 aromatic carbocycles. The lowest BCUT2D eigenvalue weighted by Gasteiger charge is -2.13. The Labute approximate surface area is 133 Å². The number of carboxylic acids is 1. The van der Waals surface area contributed by atoms with Gasteiger partial charge in [-0.15, -0.1) is 0 Å². The predicted octanol–water partition coefficient (Wildman–Crippen LogP) is -0.107. The summed E-state index contributed by atoms with van der Waals surface area (Å²) in [6.45, 7) is 2.47. The third-order valence-electron chi connectivity index (χ3n) is 2.84. The lowest BCUT2D eigenvalue weighted by Crippen LogP contribution is -2.40. The van der Waals surface area contributed by atoms with Crippen LogP contribution in [0.2, 0.25) is 0 Å². The molecule has 3 amide bonds. The molecule has 0 aliphatic heterocycles. The van der Waals surface area contributed by atoms with Crippen molar-refractivity contribution in [1.29, 1.82) is 0 Å². The average molecular weight is 321 g/mol.